The second-order valence-electron chi connectivity index (χ2n) is 5.47. The Labute approximate surface area is 153 Å². The Morgan fingerprint density at radius 1 is 1.08 bits per heavy atom. The van der Waals surface area contributed by atoms with Gasteiger partial charge in [0.2, 0.25) is 5.52 Å². The van der Waals surface area contributed by atoms with Crippen LogP contribution in [0.5, 0.6) is 0 Å². The molecule has 4 N–H and O–H groups in total. The molecular formula is C15H27NO6P2S. The summed E-state index contributed by atoms with van der Waals surface area (Å²) in [4.78, 5) is 29.4. The highest BCUT2D eigenvalue weighted by atomic mass is 32.2. The fourth-order valence-corrected chi connectivity index (χ4v) is 6.09. The van der Waals surface area contributed by atoms with Gasteiger partial charge in [-0.25, -0.2) is 0 Å². The number of unbranched alkanes of at least 4 members (excludes halogenated alkanes) is 3. The zero-order chi connectivity index (χ0) is 18.8. The van der Waals surface area contributed by atoms with E-state index >= 15 is 0 Å². The molecule has 0 heterocycles. The molecule has 0 saturated carbocycles. The van der Waals surface area contributed by atoms with E-state index < -0.39 is 20.7 Å². The maximum absolute atomic E-state index is 11.9. The molecule has 1 aromatic rings. The van der Waals surface area contributed by atoms with Crippen LogP contribution < -0.4 is 5.32 Å². The Balaban J connectivity index is 2.22. The fourth-order valence-electron chi connectivity index (χ4n) is 2.20. The van der Waals surface area contributed by atoms with Crippen molar-refractivity contribution >= 4 is 27.0 Å². The molecule has 2 atom stereocenters. The van der Waals surface area contributed by atoms with E-state index in [9.17, 15) is 23.8 Å². The maximum Gasteiger partial charge on any atom is 0.357 e. The lowest BCUT2D eigenvalue weighted by Gasteiger charge is -2.23. The van der Waals surface area contributed by atoms with Gasteiger partial charge in [-0.2, -0.15) is 0 Å². The Morgan fingerprint density at radius 2 is 1.72 bits per heavy atom. The summed E-state index contributed by atoms with van der Waals surface area (Å²) < 4.78 is 27.9. The second-order valence-corrected chi connectivity index (χ2v) is 10.6. The number of hydrogen-bond donors (Lipinski definition) is 4. The molecule has 0 aliphatic heterocycles. The van der Waals surface area contributed by atoms with Crippen molar-refractivity contribution in [3.05, 3.63) is 30.3 Å². The molecule has 0 aliphatic rings. The quantitative estimate of drug-likeness (QED) is 0.221. The monoisotopic (exact) mass is 411 g/mol. The molecule has 0 aliphatic carbocycles. The van der Waals surface area contributed by atoms with E-state index in [4.69, 9.17) is 0 Å². The fraction of sp³-hybridized carbons (Fsp3) is 0.600. The van der Waals surface area contributed by atoms with Crippen LogP contribution in [-0.2, 0) is 13.7 Å². The van der Waals surface area contributed by atoms with Crippen LogP contribution in [-0.4, -0.2) is 39.1 Å². The van der Waals surface area contributed by atoms with Gasteiger partial charge in [-0.05, 0) is 44.2 Å². The molecule has 25 heavy (non-hydrogen) atoms. The molecule has 1 rings (SSSR count). The van der Waals surface area contributed by atoms with Gasteiger partial charge in [0.05, 0.1) is 6.61 Å². The number of thioether (sulfide) groups is 1. The number of nitrogens with one attached hydrogen (secondary N) is 1. The number of benzene rings is 1. The molecule has 7 nitrogen and oxygen atoms in total. The molecule has 1 aromatic carbocycles. The lowest BCUT2D eigenvalue weighted by Crippen LogP contribution is -2.30. The summed E-state index contributed by atoms with van der Waals surface area (Å²) in [6.07, 6.45) is 3.57. The average molecular weight is 411 g/mol. The average Bonchev–Trinajstić information content (AvgIpc) is 2.52. The molecule has 2 unspecified atom stereocenters. The summed E-state index contributed by atoms with van der Waals surface area (Å²) in [7, 11) is -9.18. The van der Waals surface area contributed by atoms with E-state index in [1.54, 1.807) is 11.8 Å². The summed E-state index contributed by atoms with van der Waals surface area (Å²) in [5.41, 5.74) is -1.87. The Hall–Kier alpha value is -0.170. The van der Waals surface area contributed by atoms with Crippen LogP contribution in [0, 0.1) is 0 Å². The molecule has 0 spiro atoms. The van der Waals surface area contributed by atoms with Crippen LogP contribution in [0.15, 0.2) is 35.2 Å². The molecule has 0 saturated heterocycles. The van der Waals surface area contributed by atoms with E-state index in [1.165, 1.54) is 11.8 Å². The van der Waals surface area contributed by atoms with Gasteiger partial charge in [0, 0.05) is 4.90 Å². The summed E-state index contributed by atoms with van der Waals surface area (Å²) >= 11 is 1.80. The lowest BCUT2D eigenvalue weighted by atomic mass is 10.2. The highest BCUT2D eigenvalue weighted by Crippen LogP contribution is 2.61. The Morgan fingerprint density at radius 3 is 2.32 bits per heavy atom. The van der Waals surface area contributed by atoms with Crippen LogP contribution in [0.2, 0.25) is 0 Å². The smallest absolute Gasteiger partial charge is 0.323 e. The number of hydrogen-bond acceptors (Lipinski definition) is 5. The van der Waals surface area contributed by atoms with Gasteiger partial charge >= 0.3 is 15.2 Å². The summed E-state index contributed by atoms with van der Waals surface area (Å²) in [5, 5.41) is 2.50. The van der Waals surface area contributed by atoms with E-state index in [0.29, 0.717) is 6.42 Å². The van der Waals surface area contributed by atoms with Crippen molar-refractivity contribution in [3.63, 3.8) is 0 Å². The minimum Gasteiger partial charge on any atom is -0.323 e. The maximum atomic E-state index is 11.9. The van der Waals surface area contributed by atoms with Crippen molar-refractivity contribution in [1.82, 2.24) is 5.32 Å². The summed E-state index contributed by atoms with van der Waals surface area (Å²) in [6, 6.07) is 10.1. The van der Waals surface area contributed by atoms with Gasteiger partial charge in [0.25, 0.3) is 0 Å². The first-order valence-electron chi connectivity index (χ1n) is 8.21. The van der Waals surface area contributed by atoms with Crippen LogP contribution in [0.1, 0.15) is 32.6 Å². The SMILES string of the molecule is CCOP(=O)(O)C(NCCCCCCSc1ccccc1)P(=O)(O)O. The van der Waals surface area contributed by atoms with E-state index in [2.05, 4.69) is 22.0 Å². The molecule has 0 aromatic heterocycles. The van der Waals surface area contributed by atoms with Crippen molar-refractivity contribution in [2.75, 3.05) is 18.9 Å². The predicted octanol–water partition coefficient (Wildman–Crippen LogP) is 3.61. The van der Waals surface area contributed by atoms with Gasteiger partial charge < -0.3 is 19.2 Å². The summed E-state index contributed by atoms with van der Waals surface area (Å²) in [5.74, 6) is 1.01. The second kappa shape index (κ2) is 11.5. The molecule has 0 bridgehead atoms. The number of rotatable bonds is 13. The third-order valence-electron chi connectivity index (χ3n) is 3.35. The highest BCUT2D eigenvalue weighted by molar-refractivity contribution is 7.99. The van der Waals surface area contributed by atoms with Crippen molar-refractivity contribution < 1.29 is 28.3 Å². The van der Waals surface area contributed by atoms with Gasteiger partial charge in [0.1, 0.15) is 0 Å². The third-order valence-corrected chi connectivity index (χ3v) is 8.48. The minimum atomic E-state index is -4.78. The normalized spacial score (nSPS) is 15.7. The molecule has 144 valence electrons. The van der Waals surface area contributed by atoms with Gasteiger partial charge in [-0.1, -0.05) is 31.0 Å². The van der Waals surface area contributed by atoms with E-state index in [0.717, 1.165) is 25.0 Å². The van der Waals surface area contributed by atoms with Crippen molar-refractivity contribution in [1.29, 1.82) is 0 Å². The van der Waals surface area contributed by atoms with Crippen molar-refractivity contribution in [2.45, 2.75) is 43.0 Å². The van der Waals surface area contributed by atoms with Crippen LogP contribution in [0.3, 0.4) is 0 Å². The third kappa shape index (κ3) is 9.36. The Bertz CT molecular complexity index is 583. The minimum absolute atomic E-state index is 0.0922. The first-order valence-corrected chi connectivity index (χ1v) is 12.5. The van der Waals surface area contributed by atoms with E-state index in [1.807, 2.05) is 18.2 Å². The summed E-state index contributed by atoms with van der Waals surface area (Å²) in [6.45, 7) is 1.65. The molecule has 10 heteroatoms. The van der Waals surface area contributed by atoms with Crippen LogP contribution in [0.4, 0.5) is 0 Å². The van der Waals surface area contributed by atoms with Gasteiger partial charge in [-0.3, -0.25) is 14.4 Å². The molecule has 0 radical (unpaired) electrons. The van der Waals surface area contributed by atoms with Crippen LogP contribution >= 0.6 is 27.0 Å². The molecular weight excluding hydrogens is 384 g/mol. The lowest BCUT2D eigenvalue weighted by molar-refractivity contribution is 0.259. The zero-order valence-corrected chi connectivity index (χ0v) is 16.9. The topological polar surface area (TPSA) is 116 Å². The standard InChI is InChI=1S/C15H27NO6P2S/c1-2-22-24(20,21)15(23(17,18)19)16-12-8-3-4-9-13-25-14-10-6-5-7-11-14/h5-7,10-11,15-16H,2-4,8-9,12-13H2,1H3,(H,20,21)(H2,17,18,19). The molecule has 0 fully saturated rings. The zero-order valence-electron chi connectivity index (χ0n) is 14.3. The highest BCUT2D eigenvalue weighted by Gasteiger charge is 2.44. The van der Waals surface area contributed by atoms with Crippen LogP contribution in [0.25, 0.3) is 0 Å². The van der Waals surface area contributed by atoms with Gasteiger partial charge in [-0.15, -0.1) is 11.8 Å². The first-order chi connectivity index (χ1) is 11.8. The van der Waals surface area contributed by atoms with E-state index in [-0.39, 0.29) is 13.2 Å². The Kier molecular flexibility index (Phi) is 10.5. The van der Waals surface area contributed by atoms with Crippen molar-refractivity contribution in [2.24, 2.45) is 0 Å². The van der Waals surface area contributed by atoms with Crippen molar-refractivity contribution in [3.8, 4) is 0 Å². The first kappa shape index (κ1) is 22.9. The predicted molar refractivity (Wildman–Crippen MR) is 101 cm³/mol. The largest absolute Gasteiger partial charge is 0.357 e. The molecule has 0 amide bonds. The van der Waals surface area contributed by atoms with Gasteiger partial charge in [0.15, 0.2) is 0 Å².